The number of aromatic amines is 1. The Balaban J connectivity index is 1.41. The van der Waals surface area contributed by atoms with Crippen molar-refractivity contribution in [1.29, 1.82) is 0 Å². The van der Waals surface area contributed by atoms with E-state index < -0.39 is 22.8 Å². The lowest BCUT2D eigenvalue weighted by molar-refractivity contribution is -0.137. The first-order valence-electron chi connectivity index (χ1n) is 10.2. The van der Waals surface area contributed by atoms with Gasteiger partial charge in [0.05, 0.1) is 28.2 Å². The van der Waals surface area contributed by atoms with Crippen LogP contribution in [0.3, 0.4) is 0 Å². The molecule has 2 amide bonds. The molecule has 0 fully saturated rings. The second kappa shape index (κ2) is 10.4. The van der Waals surface area contributed by atoms with Crippen molar-refractivity contribution < 1.29 is 23.1 Å². The predicted molar refractivity (Wildman–Crippen MR) is 135 cm³/mol. The number of urea groups is 1. The van der Waals surface area contributed by atoms with Crippen LogP contribution in [-0.4, -0.2) is 36.3 Å². The van der Waals surface area contributed by atoms with E-state index in [1.54, 1.807) is 19.1 Å². The summed E-state index contributed by atoms with van der Waals surface area (Å²) in [6.07, 6.45) is -3.29. The van der Waals surface area contributed by atoms with Crippen molar-refractivity contribution in [2.75, 3.05) is 20.3 Å². The van der Waals surface area contributed by atoms with Gasteiger partial charge in [-0.2, -0.15) is 18.2 Å². The van der Waals surface area contributed by atoms with Gasteiger partial charge in [0.15, 0.2) is 0 Å². The van der Waals surface area contributed by atoms with Crippen LogP contribution in [0.25, 0.3) is 0 Å². The number of alkyl halides is 3. The molecule has 5 N–H and O–H groups in total. The highest BCUT2D eigenvalue weighted by atomic mass is 35.5. The Kier molecular flexibility index (Phi) is 7.26. The van der Waals surface area contributed by atoms with E-state index in [0.29, 0.717) is 27.3 Å². The number of hydrogen-bond acceptors (Lipinski definition) is 9. The molecule has 0 spiro atoms. The zero-order valence-electron chi connectivity index (χ0n) is 18.7. The number of aromatic hydroxyl groups is 1. The minimum atomic E-state index is -4.69. The van der Waals surface area contributed by atoms with Crippen LogP contribution >= 0.6 is 24.4 Å². The summed E-state index contributed by atoms with van der Waals surface area (Å²) in [4.78, 5) is 25.2. The van der Waals surface area contributed by atoms with E-state index >= 15 is 0 Å². The summed E-state index contributed by atoms with van der Waals surface area (Å²) in [6, 6.07) is 8.25. The maximum absolute atomic E-state index is 13.1. The van der Waals surface area contributed by atoms with Gasteiger partial charge >= 0.3 is 12.2 Å². The Morgan fingerprint density at radius 1 is 1.11 bits per heavy atom. The number of rotatable bonds is 6. The van der Waals surface area contributed by atoms with Crippen LogP contribution in [0.15, 0.2) is 48.7 Å². The number of aryl methyl sites for hydroxylation is 1. The quantitative estimate of drug-likeness (QED) is 0.169. The number of hydrogen-bond donors (Lipinski definition) is 6. The second-order valence-electron chi connectivity index (χ2n) is 7.44. The molecule has 0 saturated heterocycles. The Bertz CT molecular complexity index is 1430. The van der Waals surface area contributed by atoms with Crippen LogP contribution < -0.4 is 20.3 Å². The van der Waals surface area contributed by atoms with E-state index in [4.69, 9.17) is 11.6 Å². The molecular formula is C21H17ClF3N9O2S. The third-order valence-corrected chi connectivity index (χ3v) is 5.37. The largest absolute Gasteiger partial charge is 0.492 e. The normalized spacial score (nSPS) is 11.2. The van der Waals surface area contributed by atoms with Crippen LogP contribution in [0.2, 0.25) is 5.02 Å². The molecule has 4 aromatic rings. The number of aromatic nitrogens is 5. The van der Waals surface area contributed by atoms with Crippen LogP contribution in [0, 0.1) is 6.92 Å². The fourth-order valence-electron chi connectivity index (χ4n) is 3.01. The van der Waals surface area contributed by atoms with E-state index in [0.717, 1.165) is 12.1 Å². The third-order valence-electron chi connectivity index (χ3n) is 4.63. The van der Waals surface area contributed by atoms with Gasteiger partial charge in [0.2, 0.25) is 11.8 Å². The summed E-state index contributed by atoms with van der Waals surface area (Å²) < 4.78 is 40.0. The van der Waals surface area contributed by atoms with E-state index in [2.05, 4.69) is 53.9 Å². The van der Waals surface area contributed by atoms with Crippen molar-refractivity contribution in [1.82, 2.24) is 25.1 Å². The molecule has 0 atom stereocenters. The monoisotopic (exact) mass is 551 g/mol. The van der Waals surface area contributed by atoms with Gasteiger partial charge in [-0.3, -0.25) is 10.4 Å². The van der Waals surface area contributed by atoms with Crippen LogP contribution in [0.5, 0.6) is 5.88 Å². The van der Waals surface area contributed by atoms with Crippen molar-refractivity contribution in [3.63, 3.8) is 0 Å². The van der Waals surface area contributed by atoms with Gasteiger partial charge in [0, 0.05) is 17.8 Å². The first-order chi connectivity index (χ1) is 17.5. The molecule has 16 heteroatoms. The van der Waals surface area contributed by atoms with Crippen molar-refractivity contribution >= 4 is 65.2 Å². The van der Waals surface area contributed by atoms with Gasteiger partial charge in [0.1, 0.15) is 17.5 Å². The molecule has 0 radical (unpaired) electrons. The van der Waals surface area contributed by atoms with Crippen LogP contribution in [0.4, 0.5) is 52.7 Å². The average molecular weight is 552 g/mol. The molecule has 11 nitrogen and oxygen atoms in total. The summed E-state index contributed by atoms with van der Waals surface area (Å²) in [5.74, 6) is 1.04. The zero-order valence-corrected chi connectivity index (χ0v) is 20.3. The molecular weight excluding hydrogens is 535 g/mol. The number of pyridine rings is 1. The van der Waals surface area contributed by atoms with Gasteiger partial charge in [-0.15, -0.1) is 5.10 Å². The molecule has 3 heterocycles. The number of nitrogens with zero attached hydrogens (tertiary/aromatic N) is 5. The number of anilines is 6. The number of benzene rings is 1. The molecule has 0 aliphatic carbocycles. The van der Waals surface area contributed by atoms with Gasteiger partial charge in [-0.1, -0.05) is 24.4 Å². The second-order valence-corrected chi connectivity index (χ2v) is 8.25. The lowest BCUT2D eigenvalue weighted by Gasteiger charge is -2.18. The Labute approximate surface area is 217 Å². The van der Waals surface area contributed by atoms with E-state index in [-0.39, 0.29) is 23.3 Å². The minimum Gasteiger partial charge on any atom is -0.492 e. The Morgan fingerprint density at radius 2 is 1.89 bits per heavy atom. The van der Waals surface area contributed by atoms with E-state index in [1.165, 1.54) is 24.4 Å². The molecule has 192 valence electrons. The minimum absolute atomic E-state index is 0.117. The molecule has 0 aliphatic heterocycles. The summed E-state index contributed by atoms with van der Waals surface area (Å²) in [6.45, 7) is 1.76. The molecule has 1 aromatic carbocycles. The highest BCUT2D eigenvalue weighted by Gasteiger charge is 2.34. The molecule has 0 unspecified atom stereocenters. The lowest BCUT2D eigenvalue weighted by atomic mass is 10.2. The van der Waals surface area contributed by atoms with Gasteiger partial charge in [-0.05, 0) is 37.3 Å². The number of nitrogens with one attached hydrogen (secondary N) is 4. The summed E-state index contributed by atoms with van der Waals surface area (Å²) >= 11 is 9.61. The van der Waals surface area contributed by atoms with Crippen molar-refractivity contribution in [3.8, 4) is 5.88 Å². The fourth-order valence-corrected chi connectivity index (χ4v) is 3.41. The zero-order chi connectivity index (χ0) is 26.7. The van der Waals surface area contributed by atoms with Crippen molar-refractivity contribution in [2.24, 2.45) is 0 Å². The van der Waals surface area contributed by atoms with Crippen molar-refractivity contribution in [2.45, 2.75) is 13.1 Å². The molecule has 0 bridgehead atoms. The predicted octanol–water partition coefficient (Wildman–Crippen LogP) is 5.65. The third kappa shape index (κ3) is 6.50. The number of thiol groups is 1. The van der Waals surface area contributed by atoms with Gasteiger partial charge in [0.25, 0.3) is 0 Å². The molecule has 0 aliphatic rings. The SMILES string of the molecule is Cc1cc(Nc2cc(O)n[nH]2)nc(Nc2ccc(NC(=O)N(S)c3ccc(Cl)c(C(F)(F)F)c3)nc2)n1. The maximum Gasteiger partial charge on any atom is 0.417 e. The smallest absolute Gasteiger partial charge is 0.417 e. The highest BCUT2D eigenvalue weighted by Crippen LogP contribution is 2.37. The molecule has 3 aromatic heterocycles. The van der Waals surface area contributed by atoms with Gasteiger partial charge in [-0.25, -0.2) is 19.1 Å². The van der Waals surface area contributed by atoms with Crippen LogP contribution in [0.1, 0.15) is 11.3 Å². The Hall–Kier alpha value is -4.24. The average Bonchev–Trinajstić information content (AvgIpc) is 3.23. The summed E-state index contributed by atoms with van der Waals surface area (Å²) in [5, 5.41) is 23.4. The molecule has 37 heavy (non-hydrogen) atoms. The topological polar surface area (TPSA) is 144 Å². The first kappa shape index (κ1) is 25.8. The molecule has 4 rings (SSSR count). The number of carbonyl (C=O) groups excluding carboxylic acids is 1. The van der Waals surface area contributed by atoms with Crippen LogP contribution in [-0.2, 0) is 6.18 Å². The van der Waals surface area contributed by atoms with E-state index in [1.807, 2.05) is 0 Å². The lowest BCUT2D eigenvalue weighted by Crippen LogP contribution is -2.27. The van der Waals surface area contributed by atoms with E-state index in [9.17, 15) is 23.1 Å². The van der Waals surface area contributed by atoms with Crippen molar-refractivity contribution in [3.05, 3.63) is 64.9 Å². The maximum atomic E-state index is 13.1. The number of halogens is 4. The Morgan fingerprint density at radius 3 is 2.54 bits per heavy atom. The molecule has 0 saturated carbocycles. The number of amides is 2. The number of carbonyl (C=O) groups is 1. The van der Waals surface area contributed by atoms with Gasteiger partial charge < -0.3 is 15.7 Å². The highest BCUT2D eigenvalue weighted by molar-refractivity contribution is 7.82. The summed E-state index contributed by atoms with van der Waals surface area (Å²) in [7, 11) is 0. The standard InChI is InChI=1S/C21H17ClF3N9O2S/c1-10-6-16(29-17-8-18(35)33-32-17)30-19(27-10)28-11-2-5-15(26-9-11)31-20(36)34(37)12-3-4-14(22)13(7-12)21(23,24)25/h2-9,37H,1H3,(H,26,31,36)(H4,27,28,29,30,32,33,35). The summed E-state index contributed by atoms with van der Waals surface area (Å²) in [5.41, 5.74) is -0.0944. The first-order valence-corrected chi connectivity index (χ1v) is 11.0. The fraction of sp³-hybridized carbons (Fsp3) is 0.0952. The number of H-pyrrole nitrogens is 1.